The van der Waals surface area contributed by atoms with E-state index in [2.05, 4.69) is 28.6 Å². The molecule has 0 saturated heterocycles. The van der Waals surface area contributed by atoms with E-state index in [1.165, 1.54) is 19.3 Å². The molecule has 1 aromatic heterocycles. The predicted molar refractivity (Wildman–Crippen MR) is 76.8 cm³/mol. The maximum Gasteiger partial charge on any atom is 0.0951 e. The summed E-state index contributed by atoms with van der Waals surface area (Å²) in [5.74, 6) is 0.915. The number of imidazole rings is 1. The fraction of sp³-hybridized carbons (Fsp3) is 0.438. The first-order valence-electron chi connectivity index (χ1n) is 7.08. The van der Waals surface area contributed by atoms with Crippen LogP contribution in [0.25, 0.3) is 0 Å². The number of hydrogen-bond donors (Lipinski definition) is 1. The zero-order chi connectivity index (χ0) is 13.2. The zero-order valence-electron chi connectivity index (χ0n) is 11.4. The first kappa shape index (κ1) is 12.4. The van der Waals surface area contributed by atoms with E-state index in [1.54, 1.807) is 0 Å². The average Bonchev–Trinajstić information content (AvgIpc) is 3.11. The monoisotopic (exact) mass is 255 g/mol. The van der Waals surface area contributed by atoms with Gasteiger partial charge in [-0.3, -0.25) is 0 Å². The van der Waals surface area contributed by atoms with E-state index in [0.717, 1.165) is 17.2 Å². The van der Waals surface area contributed by atoms with E-state index in [1.807, 2.05) is 30.7 Å². The number of nitrogens with two attached hydrogens (primary N) is 1. The minimum atomic E-state index is -0.0923. The van der Waals surface area contributed by atoms with Crippen LogP contribution in [0.4, 0.5) is 0 Å². The molecule has 3 nitrogen and oxygen atoms in total. The molecule has 2 N–H and O–H groups in total. The van der Waals surface area contributed by atoms with Gasteiger partial charge in [0.15, 0.2) is 0 Å². The molecule has 0 bridgehead atoms. The highest BCUT2D eigenvalue weighted by Crippen LogP contribution is 2.37. The van der Waals surface area contributed by atoms with E-state index in [9.17, 15) is 0 Å². The molecule has 0 amide bonds. The molecular formula is C16H21N3. The fourth-order valence-electron chi connectivity index (χ4n) is 2.70. The lowest BCUT2D eigenvalue weighted by molar-refractivity contribution is 0.458. The normalized spacial score (nSPS) is 18.2. The first-order chi connectivity index (χ1) is 9.25. The standard InChI is InChI=1S/C16H21N3/c1-12(9-13-7-8-13)19-11-18-10-15(19)16(17)14-5-3-2-4-6-14/h2-6,10-13,16H,7-9,17H2,1H3. The summed E-state index contributed by atoms with van der Waals surface area (Å²) in [7, 11) is 0. The fourth-order valence-corrected chi connectivity index (χ4v) is 2.70. The van der Waals surface area contributed by atoms with E-state index < -0.39 is 0 Å². The minimum Gasteiger partial charge on any atom is -0.330 e. The van der Waals surface area contributed by atoms with Gasteiger partial charge < -0.3 is 10.3 Å². The van der Waals surface area contributed by atoms with Crippen LogP contribution in [0, 0.1) is 5.92 Å². The smallest absolute Gasteiger partial charge is 0.0951 e. The molecule has 19 heavy (non-hydrogen) atoms. The maximum absolute atomic E-state index is 6.38. The quantitative estimate of drug-likeness (QED) is 0.891. The summed E-state index contributed by atoms with van der Waals surface area (Å²) in [5, 5.41) is 0. The van der Waals surface area contributed by atoms with E-state index in [0.29, 0.717) is 6.04 Å². The van der Waals surface area contributed by atoms with Crippen LogP contribution in [0.3, 0.4) is 0 Å². The first-order valence-corrected chi connectivity index (χ1v) is 7.08. The van der Waals surface area contributed by atoms with Crippen molar-refractivity contribution >= 4 is 0 Å². The highest BCUT2D eigenvalue weighted by Gasteiger charge is 2.25. The van der Waals surface area contributed by atoms with Gasteiger partial charge in [-0.1, -0.05) is 43.2 Å². The van der Waals surface area contributed by atoms with Gasteiger partial charge in [-0.05, 0) is 24.8 Å². The molecule has 1 aliphatic carbocycles. The van der Waals surface area contributed by atoms with Crippen molar-refractivity contribution in [2.24, 2.45) is 11.7 Å². The lowest BCUT2D eigenvalue weighted by Crippen LogP contribution is -2.18. The van der Waals surface area contributed by atoms with Gasteiger partial charge in [-0.2, -0.15) is 0 Å². The second-order valence-corrected chi connectivity index (χ2v) is 5.64. The van der Waals surface area contributed by atoms with Crippen LogP contribution in [0.5, 0.6) is 0 Å². The molecule has 1 fully saturated rings. The highest BCUT2D eigenvalue weighted by molar-refractivity contribution is 5.26. The zero-order valence-corrected chi connectivity index (χ0v) is 11.4. The summed E-state index contributed by atoms with van der Waals surface area (Å²) < 4.78 is 2.25. The van der Waals surface area contributed by atoms with Crippen LogP contribution >= 0.6 is 0 Å². The van der Waals surface area contributed by atoms with Crippen molar-refractivity contribution in [3.8, 4) is 0 Å². The predicted octanol–water partition coefficient (Wildman–Crippen LogP) is 3.29. The van der Waals surface area contributed by atoms with Crippen molar-refractivity contribution in [1.29, 1.82) is 0 Å². The lowest BCUT2D eigenvalue weighted by Gasteiger charge is -2.20. The van der Waals surface area contributed by atoms with Gasteiger partial charge in [0.1, 0.15) is 0 Å². The molecule has 100 valence electrons. The third-order valence-corrected chi connectivity index (χ3v) is 4.02. The molecule has 2 unspecified atom stereocenters. The third-order valence-electron chi connectivity index (χ3n) is 4.02. The average molecular weight is 255 g/mol. The summed E-state index contributed by atoms with van der Waals surface area (Å²) in [4.78, 5) is 4.30. The summed E-state index contributed by atoms with van der Waals surface area (Å²) in [5.41, 5.74) is 8.64. The largest absolute Gasteiger partial charge is 0.330 e. The number of hydrogen-bond acceptors (Lipinski definition) is 2. The molecule has 3 rings (SSSR count). The molecule has 0 aliphatic heterocycles. The highest BCUT2D eigenvalue weighted by atomic mass is 15.1. The Morgan fingerprint density at radius 1 is 1.32 bits per heavy atom. The molecule has 0 spiro atoms. The Balaban J connectivity index is 1.82. The summed E-state index contributed by atoms with van der Waals surface area (Å²) in [6.45, 7) is 2.27. The molecule has 2 atom stereocenters. The Morgan fingerprint density at radius 2 is 2.05 bits per heavy atom. The summed E-state index contributed by atoms with van der Waals surface area (Å²) >= 11 is 0. The molecular weight excluding hydrogens is 234 g/mol. The van der Waals surface area contributed by atoms with Gasteiger partial charge in [0.2, 0.25) is 0 Å². The maximum atomic E-state index is 6.38. The van der Waals surface area contributed by atoms with Crippen LogP contribution in [0.2, 0.25) is 0 Å². The Morgan fingerprint density at radius 3 is 2.74 bits per heavy atom. The van der Waals surface area contributed by atoms with Gasteiger partial charge in [-0.15, -0.1) is 0 Å². The van der Waals surface area contributed by atoms with Crippen molar-refractivity contribution in [3.05, 3.63) is 54.1 Å². The lowest BCUT2D eigenvalue weighted by atomic mass is 10.0. The topological polar surface area (TPSA) is 43.8 Å². The van der Waals surface area contributed by atoms with Crippen LogP contribution < -0.4 is 5.73 Å². The molecule has 1 aliphatic rings. The SMILES string of the molecule is CC(CC1CC1)n1cncc1C(N)c1ccccc1. The van der Waals surface area contributed by atoms with E-state index in [-0.39, 0.29) is 6.04 Å². The van der Waals surface area contributed by atoms with E-state index in [4.69, 9.17) is 5.73 Å². The van der Waals surface area contributed by atoms with Crippen LogP contribution in [-0.2, 0) is 0 Å². The second kappa shape index (κ2) is 5.17. The Bertz CT molecular complexity index is 528. The van der Waals surface area contributed by atoms with Crippen LogP contribution in [-0.4, -0.2) is 9.55 Å². The molecule has 1 heterocycles. The van der Waals surface area contributed by atoms with E-state index >= 15 is 0 Å². The van der Waals surface area contributed by atoms with Crippen LogP contribution in [0.15, 0.2) is 42.9 Å². The van der Waals surface area contributed by atoms with Gasteiger partial charge in [0, 0.05) is 6.04 Å². The Hall–Kier alpha value is -1.61. The van der Waals surface area contributed by atoms with Crippen LogP contribution in [0.1, 0.15) is 49.5 Å². The van der Waals surface area contributed by atoms with Gasteiger partial charge in [-0.25, -0.2) is 4.98 Å². The van der Waals surface area contributed by atoms with Gasteiger partial charge >= 0.3 is 0 Å². The second-order valence-electron chi connectivity index (χ2n) is 5.64. The molecule has 3 heteroatoms. The number of nitrogens with zero attached hydrogens (tertiary/aromatic N) is 2. The number of aromatic nitrogens is 2. The Kier molecular flexibility index (Phi) is 3.38. The molecule has 0 radical (unpaired) electrons. The third kappa shape index (κ3) is 2.71. The molecule has 1 aromatic carbocycles. The van der Waals surface area contributed by atoms with Gasteiger partial charge in [0.25, 0.3) is 0 Å². The number of benzene rings is 1. The summed E-state index contributed by atoms with van der Waals surface area (Å²) in [6, 6.07) is 10.6. The number of rotatable bonds is 5. The van der Waals surface area contributed by atoms with Crippen molar-refractivity contribution in [3.63, 3.8) is 0 Å². The van der Waals surface area contributed by atoms with Crippen molar-refractivity contribution in [2.75, 3.05) is 0 Å². The molecule has 1 saturated carbocycles. The Labute approximate surface area is 114 Å². The van der Waals surface area contributed by atoms with Crippen molar-refractivity contribution in [2.45, 2.75) is 38.3 Å². The van der Waals surface area contributed by atoms with Gasteiger partial charge in [0.05, 0.1) is 24.3 Å². The van der Waals surface area contributed by atoms with Crippen molar-refractivity contribution < 1.29 is 0 Å². The van der Waals surface area contributed by atoms with Crippen molar-refractivity contribution in [1.82, 2.24) is 9.55 Å². The minimum absolute atomic E-state index is 0.0923. The molecule has 2 aromatic rings. The summed E-state index contributed by atoms with van der Waals surface area (Å²) in [6.07, 6.45) is 7.84.